The fourth-order valence-corrected chi connectivity index (χ4v) is 2.97. The highest BCUT2D eigenvalue weighted by Gasteiger charge is 2.08. The van der Waals surface area contributed by atoms with E-state index in [2.05, 4.69) is 4.98 Å². The van der Waals surface area contributed by atoms with Crippen LogP contribution in [0.5, 0.6) is 0 Å². The van der Waals surface area contributed by atoms with Crippen LogP contribution in [0.4, 0.5) is 5.69 Å². The van der Waals surface area contributed by atoms with Crippen LogP contribution in [0.3, 0.4) is 0 Å². The lowest BCUT2D eigenvalue weighted by Crippen LogP contribution is -2.19. The maximum absolute atomic E-state index is 11.7. The molecule has 0 aliphatic heterocycles. The molecule has 7 nitrogen and oxygen atoms in total. The molecule has 0 spiro atoms. The number of pyridine rings is 2. The molecule has 3 rings (SSSR count). The highest BCUT2D eigenvalue weighted by Crippen LogP contribution is 2.18. The molecule has 0 unspecified atom stereocenters. The number of nitro groups is 1. The van der Waals surface area contributed by atoms with E-state index in [1.54, 1.807) is 6.20 Å². The minimum atomic E-state index is -0.509. The van der Waals surface area contributed by atoms with Gasteiger partial charge in [-0.05, 0) is 12.1 Å². The van der Waals surface area contributed by atoms with Crippen molar-refractivity contribution in [3.05, 3.63) is 69.4 Å². The van der Waals surface area contributed by atoms with Crippen molar-refractivity contribution < 1.29 is 4.92 Å². The first-order valence-corrected chi connectivity index (χ1v) is 7.53. The van der Waals surface area contributed by atoms with E-state index in [0.717, 1.165) is 10.7 Å². The second-order valence-electron chi connectivity index (χ2n) is 4.56. The summed E-state index contributed by atoms with van der Waals surface area (Å²) >= 11 is 1.50. The molecule has 0 aromatic carbocycles. The molecule has 0 atom stereocenters. The average Bonchev–Trinajstić information content (AvgIpc) is 2.92. The molecule has 112 valence electrons. The summed E-state index contributed by atoms with van der Waals surface area (Å²) < 4.78 is 3.31. The maximum Gasteiger partial charge on any atom is 0.285 e. The van der Waals surface area contributed by atoms with E-state index in [-0.39, 0.29) is 11.2 Å². The number of imidazole rings is 1. The minimum Gasteiger partial charge on any atom is -0.308 e. The second kappa shape index (κ2) is 6.02. The Bertz CT molecular complexity index is 887. The Kier molecular flexibility index (Phi) is 3.92. The quantitative estimate of drug-likeness (QED) is 0.409. The van der Waals surface area contributed by atoms with Crippen molar-refractivity contribution in [2.45, 2.75) is 11.7 Å². The van der Waals surface area contributed by atoms with Gasteiger partial charge in [0, 0.05) is 30.6 Å². The summed E-state index contributed by atoms with van der Waals surface area (Å²) in [6, 6.07) is 8.25. The SMILES string of the molecule is O=c1ccc([N+](=O)[O-])cn1CCSc1ncc2ccccn12. The van der Waals surface area contributed by atoms with Crippen molar-refractivity contribution in [2.24, 2.45) is 0 Å². The van der Waals surface area contributed by atoms with Crippen molar-refractivity contribution in [2.75, 3.05) is 5.75 Å². The molecule has 0 fully saturated rings. The molecule has 0 aliphatic carbocycles. The average molecular weight is 316 g/mol. The number of hydrogen-bond acceptors (Lipinski definition) is 5. The van der Waals surface area contributed by atoms with Gasteiger partial charge in [0.2, 0.25) is 0 Å². The smallest absolute Gasteiger partial charge is 0.285 e. The van der Waals surface area contributed by atoms with E-state index >= 15 is 0 Å². The standard InChI is InChI=1S/C14H12N4O3S/c19-13-5-4-12(18(20)21)10-16(13)7-8-22-14-15-9-11-3-1-2-6-17(11)14/h1-6,9-10H,7-8H2. The lowest BCUT2D eigenvalue weighted by molar-refractivity contribution is -0.385. The number of rotatable bonds is 5. The number of fused-ring (bicyclic) bond motifs is 1. The van der Waals surface area contributed by atoms with Gasteiger partial charge in [-0.3, -0.25) is 19.3 Å². The first-order chi connectivity index (χ1) is 10.6. The van der Waals surface area contributed by atoms with E-state index in [1.807, 2.05) is 28.8 Å². The molecule has 3 aromatic rings. The fraction of sp³-hybridized carbons (Fsp3) is 0.143. The van der Waals surface area contributed by atoms with Crippen molar-refractivity contribution in [1.82, 2.24) is 14.0 Å². The third-order valence-corrected chi connectivity index (χ3v) is 4.09. The topological polar surface area (TPSA) is 82.4 Å². The first-order valence-electron chi connectivity index (χ1n) is 6.55. The molecule has 8 heteroatoms. The van der Waals surface area contributed by atoms with Crippen molar-refractivity contribution >= 4 is 23.0 Å². The van der Waals surface area contributed by atoms with Gasteiger partial charge in [-0.1, -0.05) is 17.8 Å². The summed E-state index contributed by atoms with van der Waals surface area (Å²) in [7, 11) is 0. The third-order valence-electron chi connectivity index (χ3n) is 3.15. The van der Waals surface area contributed by atoms with Crippen LogP contribution in [-0.2, 0) is 6.54 Å². The van der Waals surface area contributed by atoms with Crippen LogP contribution < -0.4 is 5.56 Å². The zero-order chi connectivity index (χ0) is 15.5. The maximum atomic E-state index is 11.7. The van der Waals surface area contributed by atoms with E-state index in [9.17, 15) is 14.9 Å². The Hall–Kier alpha value is -2.61. The van der Waals surface area contributed by atoms with Gasteiger partial charge in [0.25, 0.3) is 11.2 Å². The summed E-state index contributed by atoms with van der Waals surface area (Å²) in [4.78, 5) is 26.3. The largest absolute Gasteiger partial charge is 0.308 e. The predicted octanol–water partition coefficient (Wildman–Crippen LogP) is 2.20. The molecule has 0 amide bonds. The van der Waals surface area contributed by atoms with Crippen molar-refractivity contribution in [1.29, 1.82) is 0 Å². The van der Waals surface area contributed by atoms with Crippen LogP contribution in [-0.4, -0.2) is 24.6 Å². The zero-order valence-corrected chi connectivity index (χ0v) is 12.3. The molecule has 0 saturated heterocycles. The second-order valence-corrected chi connectivity index (χ2v) is 5.62. The summed E-state index contributed by atoms with van der Waals surface area (Å²) in [6.45, 7) is 0.382. The number of nitrogens with zero attached hydrogens (tertiary/aromatic N) is 4. The van der Waals surface area contributed by atoms with Crippen LogP contribution in [0.15, 0.2) is 58.9 Å². The molecule has 0 aliphatic rings. The van der Waals surface area contributed by atoms with Gasteiger partial charge in [0.05, 0.1) is 22.8 Å². The highest BCUT2D eigenvalue weighted by atomic mass is 32.2. The van der Waals surface area contributed by atoms with Crippen molar-refractivity contribution in [3.8, 4) is 0 Å². The Balaban J connectivity index is 1.72. The van der Waals surface area contributed by atoms with E-state index in [4.69, 9.17) is 0 Å². The summed E-state index contributed by atoms with van der Waals surface area (Å²) in [5.74, 6) is 0.592. The van der Waals surface area contributed by atoms with Crippen LogP contribution >= 0.6 is 11.8 Å². The van der Waals surface area contributed by atoms with E-state index < -0.39 is 4.92 Å². The molecular weight excluding hydrogens is 304 g/mol. The molecule has 3 aromatic heterocycles. The third kappa shape index (κ3) is 2.86. The summed E-state index contributed by atoms with van der Waals surface area (Å²) in [5.41, 5.74) is 0.660. The number of aryl methyl sites for hydroxylation is 1. The Morgan fingerprint density at radius 2 is 2.14 bits per heavy atom. The number of aromatic nitrogens is 3. The number of thioether (sulfide) groups is 1. The van der Waals surface area contributed by atoms with Crippen molar-refractivity contribution in [3.63, 3.8) is 0 Å². The van der Waals surface area contributed by atoms with Gasteiger partial charge in [-0.25, -0.2) is 4.98 Å². The molecule has 0 radical (unpaired) electrons. The highest BCUT2D eigenvalue weighted by molar-refractivity contribution is 7.99. The van der Waals surface area contributed by atoms with Gasteiger partial charge >= 0.3 is 0 Å². The molecule has 0 N–H and O–H groups in total. The lowest BCUT2D eigenvalue weighted by Gasteiger charge is -2.05. The van der Waals surface area contributed by atoms with Crippen LogP contribution in [0.1, 0.15) is 0 Å². The lowest BCUT2D eigenvalue weighted by atomic mass is 10.4. The summed E-state index contributed by atoms with van der Waals surface area (Å²) in [6.07, 6.45) is 4.97. The molecular formula is C14H12N4O3S. The van der Waals surface area contributed by atoms with E-state index in [1.165, 1.54) is 34.7 Å². The van der Waals surface area contributed by atoms with Crippen LogP contribution in [0, 0.1) is 10.1 Å². The first kappa shape index (κ1) is 14.3. The normalized spacial score (nSPS) is 10.9. The van der Waals surface area contributed by atoms with Gasteiger partial charge < -0.3 is 4.57 Å². The van der Waals surface area contributed by atoms with Crippen LogP contribution in [0.25, 0.3) is 5.52 Å². The Morgan fingerprint density at radius 1 is 1.27 bits per heavy atom. The zero-order valence-electron chi connectivity index (χ0n) is 11.5. The molecule has 0 saturated carbocycles. The van der Waals surface area contributed by atoms with Gasteiger partial charge in [-0.15, -0.1) is 0 Å². The summed E-state index contributed by atoms with van der Waals surface area (Å²) in [5, 5.41) is 11.6. The van der Waals surface area contributed by atoms with Gasteiger partial charge in [0.1, 0.15) is 0 Å². The fourth-order valence-electron chi connectivity index (χ4n) is 2.06. The predicted molar refractivity (Wildman–Crippen MR) is 83.3 cm³/mol. The van der Waals surface area contributed by atoms with E-state index in [0.29, 0.717) is 12.3 Å². The number of hydrogen-bond donors (Lipinski definition) is 0. The molecule has 3 heterocycles. The Labute approximate surface area is 129 Å². The van der Waals surface area contributed by atoms with Gasteiger partial charge in [-0.2, -0.15) is 0 Å². The van der Waals surface area contributed by atoms with Gasteiger partial charge in [0.15, 0.2) is 5.16 Å². The minimum absolute atomic E-state index is 0.0872. The van der Waals surface area contributed by atoms with Crippen LogP contribution in [0.2, 0.25) is 0 Å². The molecule has 0 bridgehead atoms. The Morgan fingerprint density at radius 3 is 2.95 bits per heavy atom. The molecule has 22 heavy (non-hydrogen) atoms. The monoisotopic (exact) mass is 316 g/mol.